The van der Waals surface area contributed by atoms with Crippen LogP contribution < -0.4 is 5.32 Å². The van der Waals surface area contributed by atoms with Crippen LogP contribution in [-0.4, -0.2) is 31.1 Å². The highest BCUT2D eigenvalue weighted by Gasteiger charge is 2.36. The molecule has 1 atom stereocenters. The first-order valence-corrected chi connectivity index (χ1v) is 6.52. The molecule has 0 saturated carbocycles. The first-order valence-electron chi connectivity index (χ1n) is 6.52. The quantitative estimate of drug-likeness (QED) is 0.902. The zero-order valence-electron chi connectivity index (χ0n) is 11.8. The number of benzene rings is 1. The van der Waals surface area contributed by atoms with Gasteiger partial charge in [0.25, 0.3) is 0 Å². The van der Waals surface area contributed by atoms with Gasteiger partial charge in [-0.05, 0) is 11.6 Å². The van der Waals surface area contributed by atoms with Gasteiger partial charge in [-0.25, -0.2) is 0 Å². The van der Waals surface area contributed by atoms with Crippen LogP contribution in [0.2, 0.25) is 0 Å². The van der Waals surface area contributed by atoms with E-state index in [0.717, 1.165) is 19.2 Å². The highest BCUT2D eigenvalue weighted by Crippen LogP contribution is 2.37. The average molecular weight is 356 g/mol. The third-order valence-electron chi connectivity index (χ3n) is 3.50. The van der Waals surface area contributed by atoms with Crippen LogP contribution in [0.5, 0.6) is 0 Å². The maximum absolute atomic E-state index is 13.1. The maximum atomic E-state index is 13.1. The first-order chi connectivity index (χ1) is 9.54. The van der Waals surface area contributed by atoms with E-state index >= 15 is 0 Å². The van der Waals surface area contributed by atoms with Crippen molar-refractivity contribution in [2.45, 2.75) is 18.6 Å². The fourth-order valence-electron chi connectivity index (χ4n) is 2.56. The predicted molar refractivity (Wildman–Crippen MR) is 83.4 cm³/mol. The number of hydrogen-bond acceptors (Lipinski definition) is 3. The molecule has 1 aliphatic rings. The van der Waals surface area contributed by atoms with E-state index in [9.17, 15) is 13.2 Å². The monoisotopic (exact) mass is 355 g/mol. The number of piperazine rings is 1. The summed E-state index contributed by atoms with van der Waals surface area (Å²) in [6, 6.07) is 7.05. The van der Waals surface area contributed by atoms with Crippen LogP contribution in [-0.2, 0) is 6.18 Å². The third-order valence-corrected chi connectivity index (χ3v) is 3.50. The number of halogens is 5. The molecule has 0 radical (unpaired) electrons. The minimum atomic E-state index is -4.39. The molecule has 0 aromatic heterocycles. The SMILES string of the molecule is Cl.Cl.N#CC[C@H](c1ccccc1C(F)(F)F)N1CCNCC1. The van der Waals surface area contributed by atoms with Crippen LogP contribution in [0, 0.1) is 11.3 Å². The molecule has 1 N–H and O–H groups in total. The number of hydrogen-bond donors (Lipinski definition) is 1. The minimum absolute atomic E-state index is 0. The fraction of sp³-hybridized carbons (Fsp3) is 0.500. The molecule has 2 rings (SSSR count). The van der Waals surface area contributed by atoms with E-state index < -0.39 is 17.8 Å². The molecule has 0 spiro atoms. The molecular formula is C14H18Cl2F3N3. The zero-order valence-corrected chi connectivity index (χ0v) is 13.4. The summed E-state index contributed by atoms with van der Waals surface area (Å²) in [6.07, 6.45) is -4.33. The molecule has 1 fully saturated rings. The van der Waals surface area contributed by atoms with Crippen LogP contribution in [0.1, 0.15) is 23.6 Å². The van der Waals surface area contributed by atoms with Gasteiger partial charge in [0.1, 0.15) is 0 Å². The Bertz CT molecular complexity index is 497. The minimum Gasteiger partial charge on any atom is -0.314 e. The Labute approximate surface area is 140 Å². The maximum Gasteiger partial charge on any atom is 0.416 e. The summed E-state index contributed by atoms with van der Waals surface area (Å²) in [5.41, 5.74) is -0.442. The van der Waals surface area contributed by atoms with Gasteiger partial charge in [0.05, 0.1) is 18.1 Å². The number of rotatable bonds is 3. The van der Waals surface area contributed by atoms with E-state index in [-0.39, 0.29) is 36.8 Å². The normalized spacial score (nSPS) is 16.8. The molecule has 0 unspecified atom stereocenters. The zero-order chi connectivity index (χ0) is 14.6. The molecule has 0 amide bonds. The number of nitriles is 1. The van der Waals surface area contributed by atoms with Crippen molar-refractivity contribution in [3.63, 3.8) is 0 Å². The van der Waals surface area contributed by atoms with Gasteiger partial charge >= 0.3 is 6.18 Å². The lowest BCUT2D eigenvalue weighted by atomic mass is 9.96. The Kier molecular flexibility index (Phi) is 8.79. The standard InChI is InChI=1S/C14H16F3N3.2ClH/c15-14(16,17)12-4-2-1-3-11(12)13(5-6-18)20-9-7-19-8-10-20;;/h1-4,13,19H,5,7-10H2;2*1H/t13-;;/m1../s1. The highest BCUT2D eigenvalue weighted by atomic mass is 35.5. The number of alkyl halides is 3. The van der Waals surface area contributed by atoms with Gasteiger partial charge in [-0.3, -0.25) is 4.90 Å². The van der Waals surface area contributed by atoms with E-state index in [2.05, 4.69) is 5.32 Å². The van der Waals surface area contributed by atoms with Gasteiger partial charge in [-0.15, -0.1) is 24.8 Å². The summed E-state index contributed by atoms with van der Waals surface area (Å²) in [5, 5.41) is 12.1. The Balaban J connectivity index is 0.00000220. The van der Waals surface area contributed by atoms with E-state index in [0.29, 0.717) is 13.1 Å². The molecular weight excluding hydrogens is 338 g/mol. The van der Waals surface area contributed by atoms with Crippen molar-refractivity contribution < 1.29 is 13.2 Å². The summed E-state index contributed by atoms with van der Waals surface area (Å²) in [5.74, 6) is 0. The number of nitrogens with one attached hydrogen (secondary N) is 1. The Morgan fingerprint density at radius 2 is 1.77 bits per heavy atom. The lowest BCUT2D eigenvalue weighted by Gasteiger charge is -2.35. The van der Waals surface area contributed by atoms with Crippen molar-refractivity contribution >= 4 is 24.8 Å². The van der Waals surface area contributed by atoms with Crippen LogP contribution in [0.3, 0.4) is 0 Å². The highest BCUT2D eigenvalue weighted by molar-refractivity contribution is 5.85. The summed E-state index contributed by atoms with van der Waals surface area (Å²) in [6.45, 7) is 2.77. The van der Waals surface area contributed by atoms with Crippen LogP contribution in [0.25, 0.3) is 0 Å². The van der Waals surface area contributed by atoms with Crippen LogP contribution in [0.15, 0.2) is 24.3 Å². The molecule has 1 heterocycles. The summed E-state index contributed by atoms with van der Waals surface area (Å²) in [4.78, 5) is 1.95. The lowest BCUT2D eigenvalue weighted by molar-refractivity contribution is -0.138. The third kappa shape index (κ3) is 5.03. The van der Waals surface area contributed by atoms with E-state index in [1.54, 1.807) is 6.07 Å². The van der Waals surface area contributed by atoms with Gasteiger partial charge in [0.15, 0.2) is 0 Å². The molecule has 1 aliphatic heterocycles. The first kappa shape index (κ1) is 21.0. The van der Waals surface area contributed by atoms with E-state index in [4.69, 9.17) is 5.26 Å². The Morgan fingerprint density at radius 1 is 1.18 bits per heavy atom. The summed E-state index contributed by atoms with van der Waals surface area (Å²) < 4.78 is 39.3. The molecule has 1 saturated heterocycles. The van der Waals surface area contributed by atoms with Gasteiger partial charge in [0.2, 0.25) is 0 Å². The summed E-state index contributed by atoms with van der Waals surface area (Å²) >= 11 is 0. The predicted octanol–water partition coefficient (Wildman–Crippen LogP) is 3.41. The molecule has 1 aromatic carbocycles. The van der Waals surface area contributed by atoms with Crippen LogP contribution >= 0.6 is 24.8 Å². The van der Waals surface area contributed by atoms with Crippen molar-refractivity contribution in [3.05, 3.63) is 35.4 Å². The second-order valence-electron chi connectivity index (χ2n) is 4.75. The fourth-order valence-corrected chi connectivity index (χ4v) is 2.56. The Morgan fingerprint density at radius 3 is 2.32 bits per heavy atom. The number of nitrogens with zero attached hydrogens (tertiary/aromatic N) is 2. The second kappa shape index (κ2) is 9.21. The smallest absolute Gasteiger partial charge is 0.314 e. The van der Waals surface area contributed by atoms with Crippen molar-refractivity contribution in [2.24, 2.45) is 0 Å². The molecule has 124 valence electrons. The molecule has 8 heteroatoms. The molecule has 1 aromatic rings. The van der Waals surface area contributed by atoms with Crippen molar-refractivity contribution in [3.8, 4) is 6.07 Å². The average Bonchev–Trinajstić information content (AvgIpc) is 2.45. The topological polar surface area (TPSA) is 39.1 Å². The van der Waals surface area contributed by atoms with Crippen molar-refractivity contribution in [1.82, 2.24) is 10.2 Å². The van der Waals surface area contributed by atoms with Gasteiger partial charge < -0.3 is 5.32 Å². The summed E-state index contributed by atoms with van der Waals surface area (Å²) in [7, 11) is 0. The molecule has 0 bridgehead atoms. The van der Waals surface area contributed by atoms with Gasteiger partial charge in [0, 0.05) is 32.2 Å². The Hall–Kier alpha value is -1.00. The molecule has 22 heavy (non-hydrogen) atoms. The van der Waals surface area contributed by atoms with Gasteiger partial charge in [-0.1, -0.05) is 18.2 Å². The molecule has 3 nitrogen and oxygen atoms in total. The molecule has 0 aliphatic carbocycles. The van der Waals surface area contributed by atoms with Crippen molar-refractivity contribution in [2.75, 3.05) is 26.2 Å². The largest absolute Gasteiger partial charge is 0.416 e. The van der Waals surface area contributed by atoms with Crippen LogP contribution in [0.4, 0.5) is 13.2 Å². The van der Waals surface area contributed by atoms with E-state index in [1.165, 1.54) is 12.1 Å². The lowest BCUT2D eigenvalue weighted by Crippen LogP contribution is -2.45. The van der Waals surface area contributed by atoms with Gasteiger partial charge in [-0.2, -0.15) is 18.4 Å². The second-order valence-corrected chi connectivity index (χ2v) is 4.75. The van der Waals surface area contributed by atoms with E-state index in [1.807, 2.05) is 11.0 Å². The van der Waals surface area contributed by atoms with Crippen molar-refractivity contribution in [1.29, 1.82) is 5.26 Å².